The van der Waals surface area contributed by atoms with Gasteiger partial charge >= 0.3 is 6.03 Å². The van der Waals surface area contributed by atoms with E-state index in [0.717, 1.165) is 12.8 Å². The lowest BCUT2D eigenvalue weighted by molar-refractivity contribution is -0.122. The van der Waals surface area contributed by atoms with Crippen molar-refractivity contribution in [1.29, 1.82) is 0 Å². The van der Waals surface area contributed by atoms with E-state index in [1.807, 2.05) is 0 Å². The van der Waals surface area contributed by atoms with Crippen LogP contribution in [0.25, 0.3) is 0 Å². The molecule has 2 aliphatic rings. The summed E-state index contributed by atoms with van der Waals surface area (Å²) in [6.45, 7) is 1.48. The number of urea groups is 1. The molecule has 0 bridgehead atoms. The minimum Gasteiger partial charge on any atom is -0.354 e. The highest BCUT2D eigenvalue weighted by Gasteiger charge is 2.27. The summed E-state index contributed by atoms with van der Waals surface area (Å²) in [5.41, 5.74) is 0. The molecule has 0 aromatic carbocycles. The van der Waals surface area contributed by atoms with Crippen molar-refractivity contribution in [3.63, 3.8) is 0 Å². The lowest BCUT2D eigenvalue weighted by Gasteiger charge is -2.31. The van der Waals surface area contributed by atoms with Gasteiger partial charge in [0.25, 0.3) is 0 Å². The lowest BCUT2D eigenvalue weighted by Crippen LogP contribution is -2.53. The predicted molar refractivity (Wildman–Crippen MR) is 81.8 cm³/mol. The van der Waals surface area contributed by atoms with Crippen molar-refractivity contribution in [2.45, 2.75) is 44.2 Å². The summed E-state index contributed by atoms with van der Waals surface area (Å²) in [6, 6.07) is -0.912. The molecule has 2 fully saturated rings. The van der Waals surface area contributed by atoms with E-state index in [9.17, 15) is 18.0 Å². The molecule has 0 radical (unpaired) electrons. The molecule has 0 spiro atoms. The van der Waals surface area contributed by atoms with Crippen LogP contribution in [0.2, 0.25) is 0 Å². The molecule has 0 aliphatic carbocycles. The molecule has 3 amide bonds. The third-order valence-corrected chi connectivity index (χ3v) is 5.40. The number of rotatable bonds is 3. The molecule has 8 nitrogen and oxygen atoms in total. The summed E-state index contributed by atoms with van der Waals surface area (Å²) >= 11 is 0. The molecule has 9 heteroatoms. The normalized spacial score (nSPS) is 25.1. The molecule has 1 unspecified atom stereocenters. The summed E-state index contributed by atoms with van der Waals surface area (Å²) < 4.78 is 24.3. The Morgan fingerprint density at radius 2 is 1.86 bits per heavy atom. The van der Waals surface area contributed by atoms with Gasteiger partial charge in [-0.3, -0.25) is 4.79 Å². The highest BCUT2D eigenvalue weighted by Crippen LogP contribution is 2.13. The lowest BCUT2D eigenvalue weighted by atomic mass is 10.1. The van der Waals surface area contributed by atoms with Crippen LogP contribution in [0.3, 0.4) is 0 Å². The molecule has 3 N–H and O–H groups in total. The van der Waals surface area contributed by atoms with E-state index in [1.54, 1.807) is 0 Å². The van der Waals surface area contributed by atoms with Crippen LogP contribution < -0.4 is 16.0 Å². The smallest absolute Gasteiger partial charge is 0.315 e. The molecular weight excluding hydrogens is 308 g/mol. The highest BCUT2D eigenvalue weighted by molar-refractivity contribution is 7.88. The molecule has 2 heterocycles. The van der Waals surface area contributed by atoms with E-state index in [1.165, 1.54) is 10.6 Å². The molecular formula is C13H24N4O4S. The van der Waals surface area contributed by atoms with Crippen molar-refractivity contribution < 1.29 is 18.0 Å². The van der Waals surface area contributed by atoms with Crippen molar-refractivity contribution in [2.75, 3.05) is 25.9 Å². The Balaban J connectivity index is 1.77. The Bertz CT molecular complexity index is 514. The average molecular weight is 332 g/mol. The number of hydrogen-bond acceptors (Lipinski definition) is 4. The second kappa shape index (κ2) is 7.28. The van der Waals surface area contributed by atoms with Crippen molar-refractivity contribution in [1.82, 2.24) is 20.3 Å². The minimum absolute atomic E-state index is 0.0631. The van der Waals surface area contributed by atoms with E-state index in [-0.39, 0.29) is 18.0 Å². The van der Waals surface area contributed by atoms with E-state index in [0.29, 0.717) is 38.9 Å². The van der Waals surface area contributed by atoms with Gasteiger partial charge in [0.15, 0.2) is 0 Å². The van der Waals surface area contributed by atoms with Gasteiger partial charge in [-0.15, -0.1) is 0 Å². The van der Waals surface area contributed by atoms with Gasteiger partial charge in [0.05, 0.1) is 6.26 Å². The number of hydrogen-bond donors (Lipinski definition) is 3. The second-order valence-corrected chi connectivity index (χ2v) is 7.88. The number of nitrogens with one attached hydrogen (secondary N) is 3. The average Bonchev–Trinajstić information content (AvgIpc) is 2.64. The van der Waals surface area contributed by atoms with Gasteiger partial charge in [0.2, 0.25) is 15.9 Å². The van der Waals surface area contributed by atoms with Crippen LogP contribution in [0, 0.1) is 0 Å². The Labute approximate surface area is 131 Å². The van der Waals surface area contributed by atoms with Crippen LogP contribution in [-0.4, -0.2) is 62.6 Å². The third kappa shape index (κ3) is 4.84. The van der Waals surface area contributed by atoms with E-state index >= 15 is 0 Å². The maximum absolute atomic E-state index is 12.0. The summed E-state index contributed by atoms with van der Waals surface area (Å²) in [7, 11) is -3.16. The van der Waals surface area contributed by atoms with Crippen LogP contribution in [0.5, 0.6) is 0 Å². The maximum atomic E-state index is 12.0. The first-order chi connectivity index (χ1) is 10.4. The SMILES string of the molecule is CS(=O)(=O)N1CCC(NC(=O)NC2CCCCNC2=O)CC1. The van der Waals surface area contributed by atoms with Crippen LogP contribution in [-0.2, 0) is 14.8 Å². The first-order valence-corrected chi connectivity index (χ1v) is 9.51. The van der Waals surface area contributed by atoms with Crippen molar-refractivity contribution >= 4 is 22.0 Å². The Morgan fingerprint density at radius 3 is 2.50 bits per heavy atom. The Morgan fingerprint density at radius 1 is 1.18 bits per heavy atom. The zero-order chi connectivity index (χ0) is 16.2. The molecule has 0 aromatic heterocycles. The number of amides is 3. The zero-order valence-electron chi connectivity index (χ0n) is 12.8. The van der Waals surface area contributed by atoms with E-state index < -0.39 is 16.1 Å². The molecule has 2 rings (SSSR count). The second-order valence-electron chi connectivity index (χ2n) is 5.89. The molecule has 22 heavy (non-hydrogen) atoms. The monoisotopic (exact) mass is 332 g/mol. The van der Waals surface area contributed by atoms with Crippen LogP contribution >= 0.6 is 0 Å². The minimum atomic E-state index is -3.16. The maximum Gasteiger partial charge on any atom is 0.315 e. The fraction of sp³-hybridized carbons (Fsp3) is 0.846. The van der Waals surface area contributed by atoms with Crippen LogP contribution in [0.4, 0.5) is 4.79 Å². The fourth-order valence-electron chi connectivity index (χ4n) is 2.79. The van der Waals surface area contributed by atoms with Gasteiger partial charge in [-0.2, -0.15) is 0 Å². The Kier molecular flexibility index (Phi) is 5.63. The first kappa shape index (κ1) is 17.0. The molecule has 2 saturated heterocycles. The molecule has 0 aromatic rings. The Hall–Kier alpha value is -1.35. The van der Waals surface area contributed by atoms with Crippen molar-refractivity contribution in [3.8, 4) is 0 Å². The summed E-state index contributed by atoms with van der Waals surface area (Å²) in [5.74, 6) is -0.139. The van der Waals surface area contributed by atoms with Gasteiger partial charge in [0.1, 0.15) is 6.04 Å². The van der Waals surface area contributed by atoms with Crippen LogP contribution in [0.15, 0.2) is 0 Å². The van der Waals surface area contributed by atoms with Gasteiger partial charge in [-0.05, 0) is 32.1 Å². The number of carbonyl (C=O) groups is 2. The van der Waals surface area contributed by atoms with Crippen LogP contribution in [0.1, 0.15) is 32.1 Å². The summed E-state index contributed by atoms with van der Waals surface area (Å²) in [6.07, 6.45) is 4.82. The van der Waals surface area contributed by atoms with Crippen molar-refractivity contribution in [3.05, 3.63) is 0 Å². The first-order valence-electron chi connectivity index (χ1n) is 7.66. The topological polar surface area (TPSA) is 108 Å². The molecule has 0 saturated carbocycles. The molecule has 1 atom stereocenters. The van der Waals surface area contributed by atoms with E-state index in [4.69, 9.17) is 0 Å². The summed E-state index contributed by atoms with van der Waals surface area (Å²) in [4.78, 5) is 23.8. The molecule has 2 aliphatic heterocycles. The van der Waals surface area contributed by atoms with E-state index in [2.05, 4.69) is 16.0 Å². The summed E-state index contributed by atoms with van der Waals surface area (Å²) in [5, 5.41) is 8.30. The largest absolute Gasteiger partial charge is 0.354 e. The van der Waals surface area contributed by atoms with Gasteiger partial charge < -0.3 is 16.0 Å². The third-order valence-electron chi connectivity index (χ3n) is 4.10. The zero-order valence-corrected chi connectivity index (χ0v) is 13.6. The quantitative estimate of drug-likeness (QED) is 0.640. The fourth-order valence-corrected chi connectivity index (χ4v) is 3.67. The number of carbonyl (C=O) groups excluding carboxylic acids is 2. The molecule has 126 valence electrons. The van der Waals surface area contributed by atoms with Gasteiger partial charge in [-0.1, -0.05) is 0 Å². The predicted octanol–water partition coefficient (Wildman–Crippen LogP) is -0.622. The number of piperidine rings is 1. The number of sulfonamides is 1. The van der Waals surface area contributed by atoms with Gasteiger partial charge in [-0.25, -0.2) is 17.5 Å². The standard InChI is InChI=1S/C13H24N4O4S/c1-22(20,21)17-8-5-10(6-9-17)15-13(19)16-11-4-2-3-7-14-12(11)18/h10-11H,2-9H2,1H3,(H,14,18)(H2,15,16,19). The van der Waals surface area contributed by atoms with Gasteiger partial charge in [0, 0.05) is 25.7 Å². The number of nitrogens with zero attached hydrogens (tertiary/aromatic N) is 1. The van der Waals surface area contributed by atoms with Crippen molar-refractivity contribution in [2.24, 2.45) is 0 Å². The highest BCUT2D eigenvalue weighted by atomic mass is 32.2.